The number of aromatic nitrogens is 4. The number of methoxy groups -OCH3 is 1. The summed E-state index contributed by atoms with van der Waals surface area (Å²) in [5.74, 6) is 0.386. The van der Waals surface area contributed by atoms with Gasteiger partial charge in [0.05, 0.1) is 38.2 Å². The van der Waals surface area contributed by atoms with Crippen molar-refractivity contribution in [3.8, 4) is 11.4 Å². The molecule has 0 aliphatic carbocycles. The number of rotatable bonds is 7. The molecule has 1 saturated heterocycles. The number of nitrogens with one attached hydrogen (secondary N) is 2. The van der Waals surface area contributed by atoms with E-state index in [1.165, 1.54) is 54.4 Å². The summed E-state index contributed by atoms with van der Waals surface area (Å²) in [6.07, 6.45) is 5.14. The Kier molecular flexibility index (Phi) is 5.61. The highest BCUT2D eigenvalue weighted by atomic mass is 32.2. The standard InChI is InChI=1S/C15H22N6O3S/c1-24-15-11-13(5-6-14(15)21-12-16-18-19-21)25(22,23)17-7-10-20-8-3-2-4-9-20/h5-6,11-12,17H,2-4,7-10H2,1H3/p+1. The maximum Gasteiger partial charge on any atom is 0.240 e. The zero-order valence-electron chi connectivity index (χ0n) is 14.2. The van der Waals surface area contributed by atoms with E-state index in [9.17, 15) is 8.42 Å². The molecule has 9 nitrogen and oxygen atoms in total. The quantitative estimate of drug-likeness (QED) is 0.652. The molecule has 0 unspecified atom stereocenters. The van der Waals surface area contributed by atoms with Gasteiger partial charge in [0.2, 0.25) is 10.0 Å². The van der Waals surface area contributed by atoms with E-state index in [1.54, 1.807) is 6.07 Å². The summed E-state index contributed by atoms with van der Waals surface area (Å²) in [5.41, 5.74) is 0.573. The van der Waals surface area contributed by atoms with Crippen molar-refractivity contribution in [2.45, 2.75) is 24.2 Å². The van der Waals surface area contributed by atoms with Crippen molar-refractivity contribution in [2.24, 2.45) is 0 Å². The van der Waals surface area contributed by atoms with E-state index in [-0.39, 0.29) is 4.90 Å². The van der Waals surface area contributed by atoms with Crippen LogP contribution < -0.4 is 14.4 Å². The topological polar surface area (TPSA) is 103 Å². The number of piperidine rings is 1. The van der Waals surface area contributed by atoms with Crippen molar-refractivity contribution in [1.29, 1.82) is 0 Å². The van der Waals surface area contributed by atoms with Crippen molar-refractivity contribution >= 4 is 10.0 Å². The van der Waals surface area contributed by atoms with Crippen LogP contribution in [0.3, 0.4) is 0 Å². The SMILES string of the molecule is COc1cc(S(=O)(=O)NCC[NH+]2CCCCC2)ccc1-n1cnnn1. The third-order valence-corrected chi connectivity index (χ3v) is 5.85. The predicted octanol–water partition coefficient (Wildman–Crippen LogP) is -0.982. The first-order chi connectivity index (χ1) is 12.1. The Bertz CT molecular complexity index is 788. The van der Waals surface area contributed by atoms with E-state index in [2.05, 4.69) is 20.2 Å². The number of sulfonamides is 1. The summed E-state index contributed by atoms with van der Waals surface area (Å²) < 4.78 is 34.4. The Morgan fingerprint density at radius 1 is 1.28 bits per heavy atom. The lowest BCUT2D eigenvalue weighted by Gasteiger charge is -2.23. The maximum absolute atomic E-state index is 12.5. The van der Waals surface area contributed by atoms with Crippen molar-refractivity contribution in [2.75, 3.05) is 33.3 Å². The molecule has 3 rings (SSSR count). The van der Waals surface area contributed by atoms with Gasteiger partial charge in [0, 0.05) is 6.07 Å². The summed E-state index contributed by atoms with van der Waals surface area (Å²) in [6, 6.07) is 4.63. The minimum atomic E-state index is -3.58. The Hall–Kier alpha value is -2.04. The Morgan fingerprint density at radius 2 is 2.08 bits per heavy atom. The molecule has 2 heterocycles. The van der Waals surface area contributed by atoms with Crippen LogP contribution in [0.2, 0.25) is 0 Å². The first kappa shape index (κ1) is 17.8. The number of hydrogen-bond donors (Lipinski definition) is 2. The van der Waals surface area contributed by atoms with E-state index in [0.29, 0.717) is 18.0 Å². The lowest BCUT2D eigenvalue weighted by atomic mass is 10.1. The third-order valence-electron chi connectivity index (χ3n) is 4.39. The third kappa shape index (κ3) is 4.33. The van der Waals surface area contributed by atoms with Crippen LogP contribution in [-0.4, -0.2) is 61.9 Å². The number of benzene rings is 1. The second-order valence-corrected chi connectivity index (χ2v) is 7.81. The molecule has 25 heavy (non-hydrogen) atoms. The van der Waals surface area contributed by atoms with Gasteiger partial charge < -0.3 is 9.64 Å². The van der Waals surface area contributed by atoms with Crippen LogP contribution in [0.5, 0.6) is 5.75 Å². The summed E-state index contributed by atoms with van der Waals surface area (Å²) in [5, 5.41) is 10.9. The van der Waals surface area contributed by atoms with Crippen LogP contribution in [0, 0.1) is 0 Å². The fraction of sp³-hybridized carbons (Fsp3) is 0.533. The average molecular weight is 367 g/mol. The van der Waals surface area contributed by atoms with Crippen LogP contribution in [0.1, 0.15) is 19.3 Å². The molecule has 1 aromatic carbocycles. The summed E-state index contributed by atoms with van der Waals surface area (Å²) in [7, 11) is -2.10. The molecule has 0 bridgehead atoms. The average Bonchev–Trinajstić information content (AvgIpc) is 3.16. The Labute approximate surface area is 147 Å². The van der Waals surface area contributed by atoms with Gasteiger partial charge >= 0.3 is 0 Å². The minimum Gasteiger partial charge on any atom is -0.494 e. The normalized spacial score (nSPS) is 16.0. The van der Waals surface area contributed by atoms with E-state index >= 15 is 0 Å². The van der Waals surface area contributed by atoms with Crippen LogP contribution in [-0.2, 0) is 10.0 Å². The van der Waals surface area contributed by atoms with Gasteiger partial charge in [-0.1, -0.05) is 0 Å². The van der Waals surface area contributed by atoms with Gasteiger partial charge in [-0.2, -0.15) is 4.68 Å². The molecule has 2 aromatic rings. The van der Waals surface area contributed by atoms with Gasteiger partial charge in [-0.15, -0.1) is 5.10 Å². The fourth-order valence-corrected chi connectivity index (χ4v) is 4.08. The molecule has 1 aromatic heterocycles. The van der Waals surface area contributed by atoms with Gasteiger partial charge in [0.25, 0.3) is 0 Å². The van der Waals surface area contributed by atoms with Crippen molar-refractivity contribution in [3.63, 3.8) is 0 Å². The molecule has 1 aliphatic heterocycles. The van der Waals surface area contributed by atoms with Gasteiger partial charge in [0.15, 0.2) is 0 Å². The first-order valence-corrected chi connectivity index (χ1v) is 9.83. The monoisotopic (exact) mass is 367 g/mol. The largest absolute Gasteiger partial charge is 0.494 e. The fourth-order valence-electron chi connectivity index (χ4n) is 3.03. The second-order valence-electron chi connectivity index (χ2n) is 6.05. The summed E-state index contributed by atoms with van der Waals surface area (Å²) >= 11 is 0. The maximum atomic E-state index is 12.5. The van der Waals surface area contributed by atoms with E-state index < -0.39 is 10.0 Å². The molecule has 0 amide bonds. The number of hydrogen-bond acceptors (Lipinski definition) is 6. The van der Waals surface area contributed by atoms with Crippen molar-refractivity contribution in [1.82, 2.24) is 24.9 Å². The predicted molar refractivity (Wildman–Crippen MR) is 90.3 cm³/mol. The highest BCUT2D eigenvalue weighted by Gasteiger charge is 2.19. The zero-order chi connectivity index (χ0) is 17.7. The molecule has 10 heteroatoms. The van der Waals surface area contributed by atoms with Crippen LogP contribution >= 0.6 is 0 Å². The number of quaternary nitrogens is 1. The molecule has 1 aliphatic rings. The Balaban J connectivity index is 1.69. The molecule has 136 valence electrons. The number of tetrazole rings is 1. The zero-order valence-corrected chi connectivity index (χ0v) is 15.0. The molecule has 0 spiro atoms. The highest BCUT2D eigenvalue weighted by molar-refractivity contribution is 7.89. The highest BCUT2D eigenvalue weighted by Crippen LogP contribution is 2.25. The number of ether oxygens (including phenoxy) is 1. The van der Waals surface area contributed by atoms with Crippen LogP contribution in [0.4, 0.5) is 0 Å². The smallest absolute Gasteiger partial charge is 0.240 e. The molecular formula is C15H23N6O3S+. The lowest BCUT2D eigenvalue weighted by Crippen LogP contribution is -3.13. The van der Waals surface area contributed by atoms with E-state index in [1.807, 2.05) is 0 Å². The molecule has 0 atom stereocenters. The Morgan fingerprint density at radius 3 is 2.76 bits per heavy atom. The molecule has 0 radical (unpaired) electrons. The van der Waals surface area contributed by atoms with Crippen molar-refractivity contribution in [3.05, 3.63) is 24.5 Å². The second kappa shape index (κ2) is 7.89. The number of nitrogens with zero attached hydrogens (tertiary/aromatic N) is 4. The van der Waals surface area contributed by atoms with E-state index in [0.717, 1.165) is 19.6 Å². The number of likely N-dealkylation sites (tertiary alicyclic amines) is 1. The summed E-state index contributed by atoms with van der Waals surface area (Å²) in [6.45, 7) is 3.47. The lowest BCUT2D eigenvalue weighted by molar-refractivity contribution is -0.903. The van der Waals surface area contributed by atoms with E-state index in [4.69, 9.17) is 4.74 Å². The summed E-state index contributed by atoms with van der Waals surface area (Å²) in [4.78, 5) is 1.62. The van der Waals surface area contributed by atoms with Gasteiger partial charge in [0.1, 0.15) is 17.8 Å². The minimum absolute atomic E-state index is 0.162. The van der Waals surface area contributed by atoms with Gasteiger partial charge in [-0.3, -0.25) is 0 Å². The van der Waals surface area contributed by atoms with Crippen LogP contribution in [0.15, 0.2) is 29.4 Å². The van der Waals surface area contributed by atoms with Crippen LogP contribution in [0.25, 0.3) is 5.69 Å². The molecule has 0 saturated carbocycles. The molecular weight excluding hydrogens is 344 g/mol. The van der Waals surface area contributed by atoms with Crippen molar-refractivity contribution < 1.29 is 18.1 Å². The van der Waals surface area contributed by atoms with Gasteiger partial charge in [-0.25, -0.2) is 13.1 Å². The first-order valence-electron chi connectivity index (χ1n) is 8.35. The van der Waals surface area contributed by atoms with Gasteiger partial charge in [-0.05, 0) is 41.8 Å². The molecule has 1 fully saturated rings. The molecule has 2 N–H and O–H groups in total.